The van der Waals surface area contributed by atoms with Crippen molar-refractivity contribution in [2.75, 3.05) is 7.05 Å². The molecule has 0 bridgehead atoms. The first-order chi connectivity index (χ1) is 15.2. The van der Waals surface area contributed by atoms with E-state index in [9.17, 15) is 19.2 Å². The zero-order valence-corrected chi connectivity index (χ0v) is 24.6. The molecule has 0 aliphatic heterocycles. The molecule has 0 radical (unpaired) electrons. The number of rotatable bonds is 14. The van der Waals surface area contributed by atoms with Crippen molar-refractivity contribution in [3.8, 4) is 0 Å². The maximum Gasteiger partial charge on any atom is 0.226 e. The van der Waals surface area contributed by atoms with Gasteiger partial charge in [0.25, 0.3) is 0 Å². The summed E-state index contributed by atoms with van der Waals surface area (Å²) in [5.41, 5.74) is -1.78. The molecule has 6 heteroatoms. The van der Waals surface area contributed by atoms with Crippen LogP contribution in [-0.2, 0) is 19.2 Å². The Bertz CT molecular complexity index is 705. The predicted molar refractivity (Wildman–Crippen MR) is 142 cm³/mol. The van der Waals surface area contributed by atoms with E-state index in [1.807, 2.05) is 55.4 Å². The number of hydrogen-bond donors (Lipinski definition) is 2. The SMILES string of the molecule is CC.CNC(CC(C)(C)CC(C)(C)C(=O)NC(C(C)=O)C(C)(C)CC(C)(C)CC(C)=O)C(C)=O. The Morgan fingerprint density at radius 1 is 0.735 bits per heavy atom. The van der Waals surface area contributed by atoms with Gasteiger partial charge in [-0.3, -0.25) is 14.4 Å². The van der Waals surface area contributed by atoms with E-state index in [0.29, 0.717) is 25.7 Å². The highest BCUT2D eigenvalue weighted by molar-refractivity contribution is 5.90. The lowest BCUT2D eigenvalue weighted by atomic mass is 9.68. The zero-order chi connectivity index (χ0) is 27.7. The molecule has 0 aliphatic rings. The van der Waals surface area contributed by atoms with Crippen molar-refractivity contribution in [1.29, 1.82) is 0 Å². The molecule has 0 saturated carbocycles. The van der Waals surface area contributed by atoms with Crippen molar-refractivity contribution in [2.24, 2.45) is 21.7 Å². The minimum absolute atomic E-state index is 0.0781. The van der Waals surface area contributed by atoms with Gasteiger partial charge in [0.15, 0.2) is 5.78 Å². The number of Topliss-reactive ketones (excluding diaryl/α,β-unsaturated/α-hetero) is 3. The third-order valence-electron chi connectivity index (χ3n) is 6.26. The van der Waals surface area contributed by atoms with E-state index in [-0.39, 0.29) is 40.1 Å². The van der Waals surface area contributed by atoms with Gasteiger partial charge in [-0.1, -0.05) is 69.2 Å². The summed E-state index contributed by atoms with van der Waals surface area (Å²) in [5.74, 6) is -0.0756. The highest BCUT2D eigenvalue weighted by atomic mass is 16.2. The normalized spacial score (nSPS) is 14.4. The second-order valence-corrected chi connectivity index (χ2v) is 12.6. The van der Waals surface area contributed by atoms with Crippen LogP contribution in [0.5, 0.6) is 0 Å². The molecular weight excluding hydrogens is 428 g/mol. The maximum atomic E-state index is 13.3. The lowest BCUT2D eigenvalue weighted by molar-refractivity contribution is -0.137. The van der Waals surface area contributed by atoms with Gasteiger partial charge >= 0.3 is 0 Å². The van der Waals surface area contributed by atoms with Crippen LogP contribution in [0.15, 0.2) is 0 Å². The molecule has 2 unspecified atom stereocenters. The van der Waals surface area contributed by atoms with Crippen LogP contribution in [0.25, 0.3) is 0 Å². The summed E-state index contributed by atoms with van der Waals surface area (Å²) in [5, 5.41) is 6.09. The van der Waals surface area contributed by atoms with Crippen molar-refractivity contribution in [3.63, 3.8) is 0 Å². The van der Waals surface area contributed by atoms with Crippen LogP contribution in [0, 0.1) is 21.7 Å². The fraction of sp³-hybridized carbons (Fsp3) is 0.857. The average Bonchev–Trinajstić information content (AvgIpc) is 2.61. The second kappa shape index (κ2) is 13.5. The van der Waals surface area contributed by atoms with Crippen molar-refractivity contribution in [3.05, 3.63) is 0 Å². The van der Waals surface area contributed by atoms with Crippen LogP contribution in [0.4, 0.5) is 0 Å². The average molecular weight is 483 g/mol. The molecule has 2 atom stereocenters. The Labute approximate surface area is 209 Å². The summed E-state index contributed by atoms with van der Waals surface area (Å²) in [6, 6.07) is -0.901. The van der Waals surface area contributed by atoms with Crippen LogP contribution in [0.2, 0.25) is 0 Å². The van der Waals surface area contributed by atoms with E-state index < -0.39 is 16.9 Å². The van der Waals surface area contributed by atoms with E-state index in [4.69, 9.17) is 0 Å². The van der Waals surface area contributed by atoms with Crippen LogP contribution in [0.1, 0.15) is 116 Å². The number of hydrogen-bond acceptors (Lipinski definition) is 5. The summed E-state index contributed by atoms with van der Waals surface area (Å²) in [7, 11) is 1.77. The molecule has 0 heterocycles. The highest BCUT2D eigenvalue weighted by Crippen LogP contribution is 2.41. The van der Waals surface area contributed by atoms with Crippen LogP contribution in [0.3, 0.4) is 0 Å². The summed E-state index contributed by atoms with van der Waals surface area (Å²) in [6.45, 7) is 24.5. The third kappa shape index (κ3) is 12.2. The molecule has 200 valence electrons. The van der Waals surface area contributed by atoms with Gasteiger partial charge in [0.2, 0.25) is 5.91 Å². The van der Waals surface area contributed by atoms with Crippen LogP contribution < -0.4 is 10.6 Å². The lowest BCUT2D eigenvalue weighted by Gasteiger charge is -2.41. The monoisotopic (exact) mass is 482 g/mol. The van der Waals surface area contributed by atoms with Gasteiger partial charge in [-0.05, 0) is 63.3 Å². The Morgan fingerprint density at radius 3 is 1.56 bits per heavy atom. The first-order valence-electron chi connectivity index (χ1n) is 12.6. The third-order valence-corrected chi connectivity index (χ3v) is 6.26. The van der Waals surface area contributed by atoms with Crippen molar-refractivity contribution in [2.45, 2.75) is 128 Å². The minimum atomic E-state index is -0.725. The Morgan fingerprint density at radius 2 is 1.21 bits per heavy atom. The fourth-order valence-electron chi connectivity index (χ4n) is 5.60. The maximum absolute atomic E-state index is 13.3. The summed E-state index contributed by atoms with van der Waals surface area (Å²) in [4.78, 5) is 49.4. The smallest absolute Gasteiger partial charge is 0.226 e. The Kier molecular flexibility index (Phi) is 13.7. The number of nitrogens with one attached hydrogen (secondary N) is 2. The summed E-state index contributed by atoms with van der Waals surface area (Å²) < 4.78 is 0. The molecule has 1 amide bonds. The van der Waals surface area contributed by atoms with Crippen molar-refractivity contribution in [1.82, 2.24) is 10.6 Å². The topological polar surface area (TPSA) is 92.3 Å². The largest absolute Gasteiger partial charge is 0.345 e. The summed E-state index contributed by atoms with van der Waals surface area (Å²) in [6.07, 6.45) is 2.24. The first kappa shape index (κ1) is 34.6. The molecule has 0 aromatic heterocycles. The molecular formula is C28H54N2O4. The van der Waals surface area contributed by atoms with Crippen LogP contribution in [-0.4, -0.2) is 42.4 Å². The fourth-order valence-corrected chi connectivity index (χ4v) is 5.60. The van der Waals surface area contributed by atoms with Gasteiger partial charge in [-0.15, -0.1) is 0 Å². The Hall–Kier alpha value is -1.56. The zero-order valence-electron chi connectivity index (χ0n) is 24.6. The second-order valence-electron chi connectivity index (χ2n) is 12.6. The van der Waals surface area contributed by atoms with E-state index in [2.05, 4.69) is 24.5 Å². The molecule has 0 fully saturated rings. The van der Waals surface area contributed by atoms with Gasteiger partial charge in [0.1, 0.15) is 11.6 Å². The highest BCUT2D eigenvalue weighted by Gasteiger charge is 2.42. The number of amides is 1. The van der Waals surface area contributed by atoms with Gasteiger partial charge in [-0.2, -0.15) is 0 Å². The van der Waals surface area contributed by atoms with E-state index in [1.54, 1.807) is 20.9 Å². The molecule has 0 aliphatic carbocycles. The predicted octanol–water partition coefficient (Wildman–Crippen LogP) is 5.52. The van der Waals surface area contributed by atoms with Gasteiger partial charge in [-0.25, -0.2) is 0 Å². The molecule has 2 N–H and O–H groups in total. The number of ketones is 3. The van der Waals surface area contributed by atoms with E-state index >= 15 is 0 Å². The molecule has 0 saturated heterocycles. The Balaban J connectivity index is 0. The molecule has 0 aromatic carbocycles. The molecule has 0 rings (SSSR count). The number of carbonyl (C=O) groups excluding carboxylic acids is 4. The summed E-state index contributed by atoms with van der Waals surface area (Å²) >= 11 is 0. The van der Waals surface area contributed by atoms with Gasteiger partial charge in [0, 0.05) is 11.8 Å². The minimum Gasteiger partial charge on any atom is -0.345 e. The van der Waals surface area contributed by atoms with E-state index in [0.717, 1.165) is 0 Å². The van der Waals surface area contributed by atoms with Gasteiger partial charge in [0.05, 0.1) is 12.1 Å². The molecule has 34 heavy (non-hydrogen) atoms. The van der Waals surface area contributed by atoms with E-state index in [1.165, 1.54) is 6.92 Å². The quantitative estimate of drug-likeness (QED) is 0.340. The molecule has 0 spiro atoms. The van der Waals surface area contributed by atoms with Crippen molar-refractivity contribution < 1.29 is 19.2 Å². The first-order valence-corrected chi connectivity index (χ1v) is 12.6. The van der Waals surface area contributed by atoms with Gasteiger partial charge < -0.3 is 15.4 Å². The van der Waals surface area contributed by atoms with Crippen LogP contribution >= 0.6 is 0 Å². The standard InChI is InChI=1S/C26H48N2O4.C2H6/c1-17(29)13-23(4,5)15-25(8,9)21(19(3)31)28-22(32)26(10,11)16-24(6,7)14-20(27-12)18(2)30;1-2/h20-21,27H,13-16H2,1-12H3,(H,28,32);1-2H3. The molecule has 0 aromatic rings. The lowest BCUT2D eigenvalue weighted by Crippen LogP contribution is -2.54. The van der Waals surface area contributed by atoms with Crippen molar-refractivity contribution >= 4 is 23.3 Å². The number of carbonyl (C=O) groups is 4. The number of likely N-dealkylation sites (N-methyl/N-ethyl adjacent to an activating group) is 1. The molecule has 6 nitrogen and oxygen atoms in total.